The van der Waals surface area contributed by atoms with Gasteiger partial charge < -0.3 is 10.6 Å². The number of aryl methyl sites for hydroxylation is 1. The molecule has 0 radical (unpaired) electrons. The number of hydrogen-bond donors (Lipinski definition) is 2. The number of fused-ring (bicyclic) bond motifs is 1. The van der Waals surface area contributed by atoms with Gasteiger partial charge in [0.25, 0.3) is 0 Å². The van der Waals surface area contributed by atoms with Gasteiger partial charge in [0.1, 0.15) is 5.82 Å². The lowest BCUT2D eigenvalue weighted by atomic mass is 10.0. The number of amides is 2. The van der Waals surface area contributed by atoms with E-state index in [1.165, 1.54) is 0 Å². The van der Waals surface area contributed by atoms with Crippen LogP contribution in [0.15, 0.2) is 60.8 Å². The second kappa shape index (κ2) is 7.07. The van der Waals surface area contributed by atoms with Crippen LogP contribution in [0.25, 0.3) is 11.1 Å². The first-order chi connectivity index (χ1) is 13.1. The van der Waals surface area contributed by atoms with Gasteiger partial charge >= 0.3 is 0 Å². The molecule has 0 spiro atoms. The minimum Gasteiger partial charge on any atom is -0.326 e. The molecule has 0 aliphatic carbocycles. The molecule has 6 heteroatoms. The summed E-state index contributed by atoms with van der Waals surface area (Å²) in [5.41, 5.74) is 3.63. The first-order valence-electron chi connectivity index (χ1n) is 8.89. The average molecular weight is 360 g/mol. The van der Waals surface area contributed by atoms with Gasteiger partial charge in [-0.05, 0) is 24.1 Å². The predicted octanol–water partition coefficient (Wildman–Crippen LogP) is 3.46. The Balaban J connectivity index is 1.48. The molecule has 4 rings (SSSR count). The third-order valence-electron chi connectivity index (χ3n) is 4.78. The van der Waals surface area contributed by atoms with Crippen molar-refractivity contribution < 1.29 is 9.59 Å². The molecule has 1 atom stereocenters. The number of benzene rings is 2. The SMILES string of the molecule is Cc1ccccc1NC(=O)CC1Cn2ncc(-c3ccccc3)c2NC1=O. The van der Waals surface area contributed by atoms with Crippen LogP contribution in [0, 0.1) is 12.8 Å². The van der Waals surface area contributed by atoms with E-state index in [0.717, 1.165) is 22.4 Å². The van der Waals surface area contributed by atoms with Crippen molar-refractivity contribution in [2.45, 2.75) is 19.9 Å². The van der Waals surface area contributed by atoms with Gasteiger partial charge in [0.05, 0.1) is 18.7 Å². The van der Waals surface area contributed by atoms with Gasteiger partial charge in [-0.1, -0.05) is 48.5 Å². The van der Waals surface area contributed by atoms with Crippen molar-refractivity contribution in [1.82, 2.24) is 9.78 Å². The van der Waals surface area contributed by atoms with E-state index in [1.54, 1.807) is 10.9 Å². The molecule has 1 aliphatic rings. The third kappa shape index (κ3) is 3.46. The number of rotatable bonds is 4. The molecule has 0 saturated carbocycles. The highest BCUT2D eigenvalue weighted by Crippen LogP contribution is 2.31. The normalized spacial score (nSPS) is 15.7. The van der Waals surface area contributed by atoms with Gasteiger partial charge in [-0.25, -0.2) is 4.68 Å². The van der Waals surface area contributed by atoms with Crippen LogP contribution in [-0.2, 0) is 16.1 Å². The molecule has 2 aromatic carbocycles. The van der Waals surface area contributed by atoms with Gasteiger partial charge in [0.2, 0.25) is 11.8 Å². The summed E-state index contributed by atoms with van der Waals surface area (Å²) in [7, 11) is 0. The molecule has 27 heavy (non-hydrogen) atoms. The van der Waals surface area contributed by atoms with Crippen LogP contribution in [0.5, 0.6) is 0 Å². The fraction of sp³-hybridized carbons (Fsp3) is 0.190. The second-order valence-corrected chi connectivity index (χ2v) is 6.71. The fourth-order valence-electron chi connectivity index (χ4n) is 3.29. The molecular formula is C21H20N4O2. The largest absolute Gasteiger partial charge is 0.326 e. The van der Waals surface area contributed by atoms with Crippen LogP contribution < -0.4 is 10.6 Å². The maximum Gasteiger partial charge on any atom is 0.231 e. The molecule has 0 saturated heterocycles. The van der Waals surface area contributed by atoms with E-state index in [2.05, 4.69) is 15.7 Å². The van der Waals surface area contributed by atoms with Crippen LogP contribution in [0.2, 0.25) is 0 Å². The van der Waals surface area contributed by atoms with Gasteiger partial charge in [-0.15, -0.1) is 0 Å². The minimum atomic E-state index is -0.454. The van der Waals surface area contributed by atoms with Gasteiger partial charge in [-0.3, -0.25) is 9.59 Å². The Kier molecular flexibility index (Phi) is 4.46. The van der Waals surface area contributed by atoms with Crippen molar-refractivity contribution in [2.75, 3.05) is 10.6 Å². The first-order valence-corrected chi connectivity index (χ1v) is 8.89. The van der Waals surface area contributed by atoms with Gasteiger partial charge in [0.15, 0.2) is 0 Å². The summed E-state index contributed by atoms with van der Waals surface area (Å²) in [6, 6.07) is 17.4. The van der Waals surface area contributed by atoms with Crippen LogP contribution >= 0.6 is 0 Å². The van der Waals surface area contributed by atoms with Crippen molar-refractivity contribution in [3.63, 3.8) is 0 Å². The van der Waals surface area contributed by atoms with Crippen LogP contribution in [0.1, 0.15) is 12.0 Å². The molecule has 0 bridgehead atoms. The zero-order chi connectivity index (χ0) is 18.8. The molecule has 2 N–H and O–H groups in total. The summed E-state index contributed by atoms with van der Waals surface area (Å²) in [5.74, 6) is -0.102. The topological polar surface area (TPSA) is 76.0 Å². The molecule has 0 fully saturated rings. The number of para-hydroxylation sites is 1. The highest BCUT2D eigenvalue weighted by molar-refractivity contribution is 6.00. The van der Waals surface area contributed by atoms with E-state index in [0.29, 0.717) is 12.4 Å². The quantitative estimate of drug-likeness (QED) is 0.748. The van der Waals surface area contributed by atoms with Crippen LogP contribution in [0.3, 0.4) is 0 Å². The Morgan fingerprint density at radius 2 is 1.93 bits per heavy atom. The highest BCUT2D eigenvalue weighted by Gasteiger charge is 2.30. The summed E-state index contributed by atoms with van der Waals surface area (Å²) in [4.78, 5) is 25.0. The molecule has 2 heterocycles. The zero-order valence-corrected chi connectivity index (χ0v) is 15.0. The summed E-state index contributed by atoms with van der Waals surface area (Å²) in [6.45, 7) is 2.32. The van der Waals surface area contributed by atoms with Crippen molar-refractivity contribution >= 4 is 23.3 Å². The summed E-state index contributed by atoms with van der Waals surface area (Å²) in [6.07, 6.45) is 1.86. The average Bonchev–Trinajstić information content (AvgIpc) is 3.07. The Bertz CT molecular complexity index is 994. The number of carbonyl (C=O) groups is 2. The molecular weight excluding hydrogens is 340 g/mol. The molecule has 1 aromatic heterocycles. The van der Waals surface area contributed by atoms with Gasteiger partial charge in [-0.2, -0.15) is 5.10 Å². The van der Waals surface area contributed by atoms with E-state index in [9.17, 15) is 9.59 Å². The number of nitrogens with one attached hydrogen (secondary N) is 2. The van der Waals surface area contributed by atoms with E-state index in [1.807, 2.05) is 61.5 Å². The zero-order valence-electron chi connectivity index (χ0n) is 15.0. The lowest BCUT2D eigenvalue weighted by molar-refractivity contribution is -0.125. The monoisotopic (exact) mass is 360 g/mol. The summed E-state index contributed by atoms with van der Waals surface area (Å²) in [5, 5.41) is 10.2. The molecule has 3 aromatic rings. The minimum absolute atomic E-state index is 0.111. The maximum atomic E-state index is 12.6. The van der Waals surface area contributed by atoms with Crippen molar-refractivity contribution in [1.29, 1.82) is 0 Å². The Hall–Kier alpha value is -3.41. The standard InChI is InChI=1S/C21H20N4O2/c1-14-7-5-6-10-18(14)23-19(26)11-16-13-25-20(24-21(16)27)17(12-22-25)15-8-3-2-4-9-15/h2-10,12,16H,11,13H2,1H3,(H,23,26)(H,24,27). The predicted molar refractivity (Wildman–Crippen MR) is 104 cm³/mol. The number of nitrogens with zero attached hydrogens (tertiary/aromatic N) is 2. The third-order valence-corrected chi connectivity index (χ3v) is 4.78. The smallest absolute Gasteiger partial charge is 0.231 e. The van der Waals surface area contributed by atoms with E-state index < -0.39 is 5.92 Å². The highest BCUT2D eigenvalue weighted by atomic mass is 16.2. The molecule has 2 amide bonds. The lowest BCUT2D eigenvalue weighted by Crippen LogP contribution is -2.36. The van der Waals surface area contributed by atoms with Crippen molar-refractivity contribution in [2.24, 2.45) is 5.92 Å². The first kappa shape index (κ1) is 17.0. The van der Waals surface area contributed by atoms with E-state index in [-0.39, 0.29) is 18.2 Å². The van der Waals surface area contributed by atoms with E-state index in [4.69, 9.17) is 0 Å². The summed E-state index contributed by atoms with van der Waals surface area (Å²) < 4.78 is 1.76. The molecule has 6 nitrogen and oxygen atoms in total. The maximum absolute atomic E-state index is 12.6. The lowest BCUT2D eigenvalue weighted by Gasteiger charge is -2.24. The number of hydrogen-bond acceptors (Lipinski definition) is 3. The molecule has 1 unspecified atom stereocenters. The summed E-state index contributed by atoms with van der Waals surface area (Å²) >= 11 is 0. The molecule has 1 aliphatic heterocycles. The van der Waals surface area contributed by atoms with Crippen LogP contribution in [0.4, 0.5) is 11.5 Å². The number of anilines is 2. The Morgan fingerprint density at radius 1 is 1.19 bits per heavy atom. The Labute approximate surface area is 157 Å². The second-order valence-electron chi connectivity index (χ2n) is 6.71. The number of carbonyl (C=O) groups excluding carboxylic acids is 2. The fourth-order valence-corrected chi connectivity index (χ4v) is 3.29. The van der Waals surface area contributed by atoms with E-state index >= 15 is 0 Å². The van der Waals surface area contributed by atoms with Gasteiger partial charge in [0, 0.05) is 17.7 Å². The van der Waals surface area contributed by atoms with Crippen molar-refractivity contribution in [3.8, 4) is 11.1 Å². The van der Waals surface area contributed by atoms with Crippen LogP contribution in [-0.4, -0.2) is 21.6 Å². The molecule has 136 valence electrons. The van der Waals surface area contributed by atoms with Crippen molar-refractivity contribution in [3.05, 3.63) is 66.4 Å². The Morgan fingerprint density at radius 3 is 2.70 bits per heavy atom. The number of aromatic nitrogens is 2.